The number of anilines is 1. The van der Waals surface area contributed by atoms with Crippen LogP contribution in [0.5, 0.6) is 5.75 Å². The maximum atomic E-state index is 12.6. The molecule has 156 valence electrons. The van der Waals surface area contributed by atoms with Crippen LogP contribution in [0.2, 0.25) is 0 Å². The van der Waals surface area contributed by atoms with E-state index in [0.717, 1.165) is 24.2 Å². The number of amides is 2. The first-order valence-electron chi connectivity index (χ1n) is 10.5. The van der Waals surface area contributed by atoms with Gasteiger partial charge in [-0.25, -0.2) is 0 Å². The molecule has 2 aromatic rings. The minimum absolute atomic E-state index is 0.173. The van der Waals surface area contributed by atoms with E-state index < -0.39 is 11.8 Å². The largest absolute Gasteiger partial charge is 0.511 e. The highest BCUT2D eigenvalue weighted by atomic mass is 16.5. The number of hydrogen-bond acceptors (Lipinski definition) is 4. The van der Waals surface area contributed by atoms with Gasteiger partial charge in [0.15, 0.2) is 0 Å². The van der Waals surface area contributed by atoms with Crippen LogP contribution in [-0.2, 0) is 9.59 Å². The number of hydrogen-bond donors (Lipinski definition) is 3. The second kappa shape index (κ2) is 9.03. The lowest BCUT2D eigenvalue weighted by molar-refractivity contribution is -0.123. The van der Waals surface area contributed by atoms with Gasteiger partial charge in [0, 0.05) is 12.1 Å². The third kappa shape index (κ3) is 4.64. The summed E-state index contributed by atoms with van der Waals surface area (Å²) in [5.41, 5.74) is 1.17. The first-order valence-corrected chi connectivity index (χ1v) is 10.5. The molecule has 1 saturated carbocycles. The first-order chi connectivity index (χ1) is 14.6. The van der Waals surface area contributed by atoms with Crippen LogP contribution < -0.4 is 15.4 Å². The summed E-state index contributed by atoms with van der Waals surface area (Å²) in [7, 11) is 0. The minimum atomic E-state index is -0.627. The van der Waals surface area contributed by atoms with Crippen molar-refractivity contribution in [2.24, 2.45) is 0 Å². The summed E-state index contributed by atoms with van der Waals surface area (Å²) in [5.74, 6) is -0.648. The highest BCUT2D eigenvalue weighted by molar-refractivity contribution is 6.23. The van der Waals surface area contributed by atoms with Crippen LogP contribution in [0.1, 0.15) is 50.1 Å². The van der Waals surface area contributed by atoms with E-state index in [9.17, 15) is 14.7 Å². The maximum absolute atomic E-state index is 12.6. The van der Waals surface area contributed by atoms with E-state index in [2.05, 4.69) is 10.6 Å². The summed E-state index contributed by atoms with van der Waals surface area (Å²) in [6, 6.07) is 16.1. The number of carbonyl (C=O) groups excluding carboxylic acids is 2. The number of carbonyl (C=O) groups is 2. The van der Waals surface area contributed by atoms with Crippen LogP contribution >= 0.6 is 0 Å². The van der Waals surface area contributed by atoms with Crippen molar-refractivity contribution in [3.05, 3.63) is 71.5 Å². The quantitative estimate of drug-likeness (QED) is 0.642. The van der Waals surface area contributed by atoms with Crippen LogP contribution in [0.3, 0.4) is 0 Å². The SMILES string of the molecule is O=C(Nc1ccc(OC2CCCCC2)cc1)C1=C(O)CC(c2ccccc2)NC1=O. The van der Waals surface area contributed by atoms with Gasteiger partial charge in [-0.1, -0.05) is 36.8 Å². The summed E-state index contributed by atoms with van der Waals surface area (Å²) in [6.45, 7) is 0. The average Bonchev–Trinajstić information content (AvgIpc) is 2.76. The molecule has 2 amide bonds. The van der Waals surface area contributed by atoms with Gasteiger partial charge < -0.3 is 20.5 Å². The molecule has 0 radical (unpaired) electrons. The Labute approximate surface area is 175 Å². The molecule has 2 aromatic carbocycles. The Kier molecular flexibility index (Phi) is 6.02. The molecule has 1 unspecified atom stereocenters. The number of aliphatic hydroxyl groups excluding tert-OH is 1. The van der Waals surface area contributed by atoms with Crippen molar-refractivity contribution < 1.29 is 19.4 Å². The van der Waals surface area contributed by atoms with E-state index >= 15 is 0 Å². The van der Waals surface area contributed by atoms with Crippen LogP contribution in [0.15, 0.2) is 65.9 Å². The Morgan fingerprint density at radius 2 is 1.70 bits per heavy atom. The summed E-state index contributed by atoms with van der Waals surface area (Å²) in [5, 5.41) is 15.9. The molecule has 4 rings (SSSR count). The molecule has 0 spiro atoms. The van der Waals surface area contributed by atoms with Crippen LogP contribution in [-0.4, -0.2) is 23.0 Å². The Balaban J connectivity index is 1.40. The molecule has 1 aliphatic heterocycles. The summed E-state index contributed by atoms with van der Waals surface area (Å²) < 4.78 is 5.99. The summed E-state index contributed by atoms with van der Waals surface area (Å²) in [6.07, 6.45) is 6.25. The molecule has 1 fully saturated rings. The first kappa shape index (κ1) is 20.0. The van der Waals surface area contributed by atoms with Crippen LogP contribution in [0.4, 0.5) is 5.69 Å². The van der Waals surface area contributed by atoms with E-state index in [-0.39, 0.29) is 29.9 Å². The molecular formula is C24H26N2O4. The zero-order chi connectivity index (χ0) is 20.9. The predicted octanol–water partition coefficient (Wildman–Crippen LogP) is 4.41. The smallest absolute Gasteiger partial charge is 0.264 e. The standard InChI is InChI=1S/C24H26N2O4/c27-21-15-20(16-7-3-1-4-8-16)26-24(29)22(21)23(28)25-17-11-13-19(14-12-17)30-18-9-5-2-6-10-18/h1,3-4,7-8,11-14,18,20,27H,2,5-6,9-10,15H2,(H,25,28)(H,26,29). The van der Waals surface area contributed by atoms with Crippen molar-refractivity contribution in [3.63, 3.8) is 0 Å². The Morgan fingerprint density at radius 1 is 1.00 bits per heavy atom. The van der Waals surface area contributed by atoms with Crippen molar-refractivity contribution in [2.75, 3.05) is 5.32 Å². The fourth-order valence-corrected chi connectivity index (χ4v) is 4.01. The Morgan fingerprint density at radius 3 is 2.37 bits per heavy atom. The van der Waals surface area contributed by atoms with Gasteiger partial charge in [-0.2, -0.15) is 0 Å². The molecule has 1 heterocycles. The van der Waals surface area contributed by atoms with Gasteiger partial charge in [0.2, 0.25) is 0 Å². The van der Waals surface area contributed by atoms with E-state index in [4.69, 9.17) is 4.74 Å². The lowest BCUT2D eigenvalue weighted by Gasteiger charge is -2.25. The van der Waals surface area contributed by atoms with Gasteiger partial charge in [-0.3, -0.25) is 9.59 Å². The second-order valence-electron chi connectivity index (χ2n) is 7.82. The number of benzene rings is 2. The molecule has 0 aromatic heterocycles. The van der Waals surface area contributed by atoms with E-state index in [1.165, 1.54) is 19.3 Å². The Hall–Kier alpha value is -3.28. The monoisotopic (exact) mass is 406 g/mol. The lowest BCUT2D eigenvalue weighted by atomic mass is 9.96. The lowest BCUT2D eigenvalue weighted by Crippen LogP contribution is -2.39. The highest BCUT2D eigenvalue weighted by Crippen LogP contribution is 2.28. The minimum Gasteiger partial charge on any atom is -0.511 e. The normalized spacial score (nSPS) is 19.9. The van der Waals surface area contributed by atoms with Gasteiger partial charge >= 0.3 is 0 Å². The number of rotatable bonds is 5. The maximum Gasteiger partial charge on any atom is 0.264 e. The van der Waals surface area contributed by atoms with E-state index in [1.54, 1.807) is 12.1 Å². The number of ether oxygens (including phenoxy) is 1. The molecule has 0 bridgehead atoms. The van der Waals surface area contributed by atoms with Crippen molar-refractivity contribution in [3.8, 4) is 5.75 Å². The zero-order valence-corrected chi connectivity index (χ0v) is 16.8. The van der Waals surface area contributed by atoms with Crippen molar-refractivity contribution in [2.45, 2.75) is 50.7 Å². The second-order valence-corrected chi connectivity index (χ2v) is 7.82. The van der Waals surface area contributed by atoms with Gasteiger partial charge in [-0.05, 0) is 55.5 Å². The van der Waals surface area contributed by atoms with E-state index in [0.29, 0.717) is 5.69 Å². The number of aliphatic hydroxyl groups is 1. The highest BCUT2D eigenvalue weighted by Gasteiger charge is 2.32. The molecule has 3 N–H and O–H groups in total. The molecule has 6 heteroatoms. The Bertz CT molecular complexity index is 931. The van der Waals surface area contributed by atoms with Gasteiger partial charge in [0.25, 0.3) is 11.8 Å². The third-order valence-corrected chi connectivity index (χ3v) is 5.61. The fourth-order valence-electron chi connectivity index (χ4n) is 4.01. The molecular weight excluding hydrogens is 380 g/mol. The molecule has 30 heavy (non-hydrogen) atoms. The average molecular weight is 406 g/mol. The van der Waals surface area contributed by atoms with Crippen LogP contribution in [0.25, 0.3) is 0 Å². The third-order valence-electron chi connectivity index (χ3n) is 5.61. The topological polar surface area (TPSA) is 87.7 Å². The molecule has 6 nitrogen and oxygen atoms in total. The van der Waals surface area contributed by atoms with Crippen molar-refractivity contribution >= 4 is 17.5 Å². The molecule has 1 atom stereocenters. The van der Waals surface area contributed by atoms with E-state index in [1.807, 2.05) is 42.5 Å². The fraction of sp³-hybridized carbons (Fsp3) is 0.333. The van der Waals surface area contributed by atoms with Crippen LogP contribution in [0, 0.1) is 0 Å². The van der Waals surface area contributed by atoms with Gasteiger partial charge in [-0.15, -0.1) is 0 Å². The zero-order valence-electron chi connectivity index (χ0n) is 16.8. The van der Waals surface area contributed by atoms with Crippen molar-refractivity contribution in [1.82, 2.24) is 5.32 Å². The van der Waals surface area contributed by atoms with Gasteiger partial charge in [0.1, 0.15) is 17.1 Å². The molecule has 0 saturated heterocycles. The van der Waals surface area contributed by atoms with Gasteiger partial charge in [0.05, 0.1) is 12.1 Å². The number of nitrogens with one attached hydrogen (secondary N) is 2. The molecule has 1 aliphatic carbocycles. The predicted molar refractivity (Wildman–Crippen MR) is 114 cm³/mol. The summed E-state index contributed by atoms with van der Waals surface area (Å²) in [4.78, 5) is 25.1. The van der Waals surface area contributed by atoms with Crippen molar-refractivity contribution in [1.29, 1.82) is 0 Å². The summed E-state index contributed by atoms with van der Waals surface area (Å²) >= 11 is 0. The molecule has 2 aliphatic rings.